The highest BCUT2D eigenvalue weighted by molar-refractivity contribution is 8.04. The van der Waals surface area contributed by atoms with Crippen molar-refractivity contribution >= 4 is 35.9 Å². The van der Waals surface area contributed by atoms with Crippen molar-refractivity contribution < 1.29 is 26.8 Å². The maximum atomic E-state index is 12.0. The molecule has 1 aliphatic heterocycles. The second kappa shape index (κ2) is 8.38. The van der Waals surface area contributed by atoms with Crippen LogP contribution < -0.4 is 0 Å². The summed E-state index contributed by atoms with van der Waals surface area (Å²) < 4.78 is 44.0. The molecule has 0 amide bonds. The first-order chi connectivity index (χ1) is 16.1. The van der Waals surface area contributed by atoms with Crippen LogP contribution in [0.5, 0.6) is 0 Å². The van der Waals surface area contributed by atoms with Crippen molar-refractivity contribution in [3.05, 3.63) is 78.4 Å². The molecule has 3 aliphatic carbocycles. The normalized spacial score (nSPS) is 24.4. The van der Waals surface area contributed by atoms with E-state index >= 15 is 0 Å². The van der Waals surface area contributed by atoms with Crippen LogP contribution in [0.4, 0.5) is 17.3 Å². The average molecular weight is 504 g/mol. The Morgan fingerprint density at radius 2 is 1.32 bits per heavy atom. The molecule has 34 heavy (non-hydrogen) atoms. The van der Waals surface area contributed by atoms with E-state index in [9.17, 15) is 22.1 Å². The fourth-order valence-electron chi connectivity index (χ4n) is 5.37. The third kappa shape index (κ3) is 4.03. The summed E-state index contributed by atoms with van der Waals surface area (Å²) in [5, 5.41) is 0. The van der Waals surface area contributed by atoms with Crippen LogP contribution in [-0.4, -0.2) is 20.3 Å². The molecule has 9 heteroatoms. The lowest BCUT2D eigenvalue weighted by Gasteiger charge is -2.68. The molecular weight excluding hydrogens is 483 g/mol. The van der Waals surface area contributed by atoms with Gasteiger partial charge in [-0.25, -0.2) is 0 Å². The zero-order valence-corrected chi connectivity index (χ0v) is 19.9. The maximum absolute atomic E-state index is 12.0. The fraction of sp³-hybridized carbons (Fsp3) is 0.240. The lowest BCUT2D eigenvalue weighted by molar-refractivity contribution is -0.198. The van der Waals surface area contributed by atoms with Crippen LogP contribution in [-0.2, 0) is 25.8 Å². The third-order valence-electron chi connectivity index (χ3n) is 6.71. The first-order valence-corrected chi connectivity index (χ1v) is 12.8. The smallest absolute Gasteiger partial charge is 0.469 e. The van der Waals surface area contributed by atoms with E-state index in [2.05, 4.69) is 72.8 Å². The predicted octanol–water partition coefficient (Wildman–Crippen LogP) is 7.14. The maximum Gasteiger partial charge on any atom is 0.673 e. The summed E-state index contributed by atoms with van der Waals surface area (Å²) in [6.45, 7) is 0. The number of carbonyl (C=O) groups is 1. The molecule has 3 aromatic rings. The van der Waals surface area contributed by atoms with E-state index < -0.39 is 7.25 Å². The number of hydrogen-bond donors (Lipinski definition) is 0. The Labute approximate surface area is 202 Å². The standard InChI is InChI=1S/C25H21O2S2.BF4/c1-27-23(26)25-14-24(15-25,16-25)17-10-12-18(13-11-17)29-21-8-4-2-6-19(21)28-20-7-3-5-9-22(20)29;2-1(3,4)5/h2-13H,14-16H2,1H3;/q+1;-1. The van der Waals surface area contributed by atoms with E-state index in [-0.39, 0.29) is 27.7 Å². The number of hydrogen-bond acceptors (Lipinski definition) is 3. The van der Waals surface area contributed by atoms with E-state index in [1.54, 1.807) is 0 Å². The summed E-state index contributed by atoms with van der Waals surface area (Å²) in [6, 6.07) is 26.8. The van der Waals surface area contributed by atoms with E-state index in [0.29, 0.717) is 0 Å². The molecule has 7 rings (SSSR count). The molecule has 0 N–H and O–H groups in total. The van der Waals surface area contributed by atoms with E-state index in [1.807, 2.05) is 11.8 Å². The molecule has 3 saturated carbocycles. The number of ether oxygens (including phenoxy) is 1. The van der Waals surface area contributed by atoms with Gasteiger partial charge in [-0.05, 0) is 66.6 Å². The molecule has 2 nitrogen and oxygen atoms in total. The van der Waals surface area contributed by atoms with Crippen LogP contribution >= 0.6 is 11.8 Å². The highest BCUT2D eigenvalue weighted by atomic mass is 32.2. The largest absolute Gasteiger partial charge is 0.673 e. The molecule has 3 aromatic carbocycles. The quantitative estimate of drug-likeness (QED) is 0.128. The van der Waals surface area contributed by atoms with Gasteiger partial charge in [-0.2, -0.15) is 0 Å². The third-order valence-corrected chi connectivity index (χ3v) is 10.5. The number of methoxy groups -OCH3 is 1. The van der Waals surface area contributed by atoms with Gasteiger partial charge in [0.25, 0.3) is 0 Å². The topological polar surface area (TPSA) is 26.3 Å². The van der Waals surface area contributed by atoms with Gasteiger partial charge in [0.05, 0.1) is 22.3 Å². The van der Waals surface area contributed by atoms with Gasteiger partial charge in [-0.1, -0.05) is 48.2 Å². The Balaban J connectivity index is 0.000000439. The van der Waals surface area contributed by atoms with Gasteiger partial charge in [-0.15, -0.1) is 0 Å². The Morgan fingerprint density at radius 3 is 1.79 bits per heavy atom. The van der Waals surface area contributed by atoms with Gasteiger partial charge in [0.15, 0.2) is 14.7 Å². The molecule has 0 atom stereocenters. The lowest BCUT2D eigenvalue weighted by Crippen LogP contribution is -2.68. The fourth-order valence-corrected chi connectivity index (χ4v) is 9.11. The summed E-state index contributed by atoms with van der Waals surface area (Å²) in [5.74, 6) is -0.0228. The second-order valence-corrected chi connectivity index (χ2v) is 12.0. The molecule has 0 unspecified atom stereocenters. The van der Waals surface area contributed by atoms with Crippen molar-refractivity contribution in [1.29, 1.82) is 0 Å². The van der Waals surface area contributed by atoms with Crippen molar-refractivity contribution in [3.8, 4) is 0 Å². The number of fused-ring (bicyclic) bond motifs is 2. The summed E-state index contributed by atoms with van der Waals surface area (Å²) in [5.41, 5.74) is 1.39. The van der Waals surface area contributed by atoms with Crippen molar-refractivity contribution in [2.45, 2.75) is 49.2 Å². The molecule has 1 heterocycles. The van der Waals surface area contributed by atoms with Crippen LogP contribution in [0.1, 0.15) is 24.8 Å². The highest BCUT2D eigenvalue weighted by Gasteiger charge is 2.72. The van der Waals surface area contributed by atoms with E-state index in [4.69, 9.17) is 4.74 Å². The second-order valence-electron chi connectivity index (χ2n) is 8.90. The zero-order valence-electron chi connectivity index (χ0n) is 18.3. The molecule has 0 saturated heterocycles. The Bertz CT molecular complexity index is 1170. The van der Waals surface area contributed by atoms with Gasteiger partial charge in [-0.3, -0.25) is 4.79 Å². The van der Waals surface area contributed by atoms with Crippen LogP contribution in [0.25, 0.3) is 0 Å². The Morgan fingerprint density at radius 1 is 0.853 bits per heavy atom. The molecule has 0 spiro atoms. The SMILES string of the molecule is COC(=O)C12CC(c3ccc([S+]4c5ccccc5Sc5ccccc54)cc3)(C1)C2.F[B-](F)(F)F. The minimum Gasteiger partial charge on any atom is -0.469 e. The Hall–Kier alpha value is -2.39. The number of carbonyl (C=O) groups excluding carboxylic acids is 1. The molecule has 4 aliphatic rings. The summed E-state index contributed by atoms with van der Waals surface area (Å²) >= 11 is 1.87. The van der Waals surface area contributed by atoms with Crippen LogP contribution in [0.15, 0.2) is 97.3 Å². The molecule has 0 aromatic heterocycles. The summed E-state index contributed by atoms with van der Waals surface area (Å²) in [6.07, 6.45) is 2.83. The number of rotatable bonds is 3. The van der Waals surface area contributed by atoms with Crippen molar-refractivity contribution in [1.82, 2.24) is 0 Å². The van der Waals surface area contributed by atoms with Crippen molar-refractivity contribution in [3.63, 3.8) is 0 Å². The molecule has 3 fully saturated rings. The van der Waals surface area contributed by atoms with Crippen molar-refractivity contribution in [2.75, 3.05) is 7.11 Å². The van der Waals surface area contributed by atoms with Gasteiger partial charge in [0.1, 0.15) is 10.9 Å². The predicted molar refractivity (Wildman–Crippen MR) is 126 cm³/mol. The minimum atomic E-state index is -6.00. The van der Waals surface area contributed by atoms with Gasteiger partial charge in [0, 0.05) is 0 Å². The first-order valence-electron chi connectivity index (χ1n) is 10.8. The molecule has 2 bridgehead atoms. The zero-order chi connectivity index (χ0) is 24.1. The van der Waals surface area contributed by atoms with E-state index in [0.717, 1.165) is 19.3 Å². The van der Waals surface area contributed by atoms with Crippen molar-refractivity contribution in [2.24, 2.45) is 5.41 Å². The average Bonchev–Trinajstić information content (AvgIpc) is 2.75. The summed E-state index contributed by atoms with van der Waals surface area (Å²) in [4.78, 5) is 18.9. The van der Waals surface area contributed by atoms with Gasteiger partial charge >= 0.3 is 13.2 Å². The number of benzene rings is 3. The lowest BCUT2D eigenvalue weighted by atomic mass is 9.33. The van der Waals surface area contributed by atoms with E-state index in [1.165, 1.54) is 37.2 Å². The van der Waals surface area contributed by atoms with Gasteiger partial charge in [0.2, 0.25) is 0 Å². The summed E-state index contributed by atoms with van der Waals surface area (Å²) in [7, 11) is -4.57. The van der Waals surface area contributed by atoms with Crippen LogP contribution in [0.2, 0.25) is 0 Å². The highest BCUT2D eigenvalue weighted by Crippen LogP contribution is 2.74. The Kier molecular flexibility index (Phi) is 5.76. The number of halogens is 4. The monoisotopic (exact) mass is 504 g/mol. The first kappa shape index (κ1) is 23.4. The molecule has 176 valence electrons. The molecule has 0 radical (unpaired) electrons. The minimum absolute atomic E-state index is 0.0228. The van der Waals surface area contributed by atoms with Crippen LogP contribution in [0, 0.1) is 5.41 Å². The van der Waals surface area contributed by atoms with Crippen LogP contribution in [0.3, 0.4) is 0 Å². The number of esters is 1. The molecular formula is C25H21BF4O2S2. The van der Waals surface area contributed by atoms with Gasteiger partial charge < -0.3 is 22.0 Å².